The molecule has 3 N–H and O–H groups in total. The molecular formula is C26H23N3O4. The fourth-order valence-electron chi connectivity index (χ4n) is 3.31. The molecule has 0 saturated carbocycles. The van der Waals surface area contributed by atoms with Gasteiger partial charge in [0.25, 0.3) is 5.91 Å². The fraction of sp³-hybridized carbons (Fsp3) is 0.0769. The molecule has 0 spiro atoms. The number of benzene rings is 3. The largest absolute Gasteiger partial charge is 0.507 e. The first-order chi connectivity index (χ1) is 16.2. The van der Waals surface area contributed by atoms with Crippen molar-refractivity contribution in [3.8, 4) is 39.8 Å². The van der Waals surface area contributed by atoms with E-state index in [4.69, 9.17) is 9.47 Å². The highest BCUT2D eigenvalue weighted by Crippen LogP contribution is 2.37. The molecule has 0 unspecified atom stereocenters. The number of hydrogen-bond acceptors (Lipinski definition) is 5. The highest BCUT2D eigenvalue weighted by molar-refractivity contribution is 5.85. The number of hydrogen-bond donors (Lipinski definition) is 3. The van der Waals surface area contributed by atoms with E-state index in [0.717, 1.165) is 22.4 Å². The maximum absolute atomic E-state index is 12.3. The summed E-state index contributed by atoms with van der Waals surface area (Å²) in [6.45, 7) is -0.229. The Labute approximate surface area is 191 Å². The molecule has 33 heavy (non-hydrogen) atoms. The van der Waals surface area contributed by atoms with E-state index >= 15 is 0 Å². The van der Waals surface area contributed by atoms with Crippen LogP contribution in [-0.2, 0) is 4.79 Å². The van der Waals surface area contributed by atoms with Crippen LogP contribution >= 0.6 is 0 Å². The van der Waals surface area contributed by atoms with Gasteiger partial charge < -0.3 is 19.9 Å². The van der Waals surface area contributed by atoms with Gasteiger partial charge in [-0.2, -0.15) is 0 Å². The van der Waals surface area contributed by atoms with Gasteiger partial charge in [-0.25, -0.2) is 0 Å². The van der Waals surface area contributed by atoms with Crippen molar-refractivity contribution < 1.29 is 19.4 Å². The van der Waals surface area contributed by atoms with Crippen molar-refractivity contribution in [3.63, 3.8) is 0 Å². The molecule has 1 amide bonds. The minimum absolute atomic E-state index is 0.0787. The number of methoxy groups -OCH3 is 1. The van der Waals surface area contributed by atoms with Crippen LogP contribution in [-0.4, -0.2) is 34.9 Å². The maximum Gasteiger partial charge on any atom is 0.261 e. The molecule has 0 radical (unpaired) electrons. The quantitative estimate of drug-likeness (QED) is 0.371. The van der Waals surface area contributed by atoms with E-state index in [0.29, 0.717) is 17.2 Å². The molecule has 0 atom stereocenters. The van der Waals surface area contributed by atoms with E-state index in [1.807, 2.05) is 60.7 Å². The van der Waals surface area contributed by atoms with Crippen molar-refractivity contribution in [3.05, 3.63) is 90.6 Å². The van der Waals surface area contributed by atoms with Crippen LogP contribution in [0.25, 0.3) is 28.5 Å². The van der Waals surface area contributed by atoms with Gasteiger partial charge >= 0.3 is 0 Å². The molecule has 0 fully saturated rings. The van der Waals surface area contributed by atoms with Crippen molar-refractivity contribution in [1.29, 1.82) is 0 Å². The van der Waals surface area contributed by atoms with Crippen LogP contribution < -0.4 is 14.8 Å². The molecule has 7 nitrogen and oxygen atoms in total. The number of carbonyl (C=O) groups excluding carboxylic acids is 1. The SMILES string of the molecule is COc1ccc(O)c(C=CNC(=O)COc2n[nH]c(-c3ccccc3)c2-c2ccccc2)c1. The summed E-state index contributed by atoms with van der Waals surface area (Å²) in [6, 6.07) is 24.4. The Morgan fingerprint density at radius 3 is 2.42 bits per heavy atom. The minimum atomic E-state index is -0.364. The molecule has 3 aromatic carbocycles. The van der Waals surface area contributed by atoms with E-state index in [9.17, 15) is 9.90 Å². The zero-order valence-electron chi connectivity index (χ0n) is 18.0. The second-order valence-corrected chi connectivity index (χ2v) is 7.13. The van der Waals surface area contributed by atoms with Crippen LogP contribution in [0.5, 0.6) is 17.4 Å². The number of nitrogens with zero attached hydrogens (tertiary/aromatic N) is 1. The van der Waals surface area contributed by atoms with Gasteiger partial charge in [-0.05, 0) is 29.8 Å². The normalized spacial score (nSPS) is 10.8. The second kappa shape index (κ2) is 10.2. The lowest BCUT2D eigenvalue weighted by Gasteiger charge is -2.08. The number of aromatic hydroxyl groups is 1. The third kappa shape index (κ3) is 5.22. The monoisotopic (exact) mass is 441 g/mol. The number of amides is 1. The van der Waals surface area contributed by atoms with Crippen LogP contribution in [0, 0.1) is 0 Å². The van der Waals surface area contributed by atoms with Crippen molar-refractivity contribution >= 4 is 12.0 Å². The lowest BCUT2D eigenvalue weighted by molar-refractivity contribution is -0.122. The van der Waals surface area contributed by atoms with Gasteiger partial charge in [-0.3, -0.25) is 9.89 Å². The van der Waals surface area contributed by atoms with Crippen LogP contribution in [0.15, 0.2) is 85.1 Å². The minimum Gasteiger partial charge on any atom is -0.507 e. The zero-order valence-corrected chi connectivity index (χ0v) is 18.0. The molecule has 1 heterocycles. The average Bonchev–Trinajstić information content (AvgIpc) is 3.29. The first-order valence-electron chi connectivity index (χ1n) is 10.3. The Balaban J connectivity index is 1.47. The zero-order chi connectivity index (χ0) is 23.0. The predicted molar refractivity (Wildman–Crippen MR) is 127 cm³/mol. The summed E-state index contributed by atoms with van der Waals surface area (Å²) in [5.74, 6) is 0.653. The molecule has 0 saturated heterocycles. The standard InChI is InChI=1S/C26H23N3O4/c1-32-21-12-13-22(30)20(16-21)14-15-27-23(31)17-33-26-24(18-8-4-2-5-9-18)25(28-29-26)19-10-6-3-7-11-19/h2-16,30H,17H2,1H3,(H,27,31)(H,28,29). The summed E-state index contributed by atoms with van der Waals surface area (Å²) in [6.07, 6.45) is 3.02. The summed E-state index contributed by atoms with van der Waals surface area (Å²) >= 11 is 0. The number of H-pyrrole nitrogens is 1. The predicted octanol–water partition coefficient (Wildman–Crippen LogP) is 4.62. The van der Waals surface area contributed by atoms with Crippen molar-refractivity contribution in [2.45, 2.75) is 0 Å². The molecule has 0 bridgehead atoms. The summed E-state index contributed by atoms with van der Waals surface area (Å²) in [7, 11) is 1.54. The Morgan fingerprint density at radius 2 is 1.73 bits per heavy atom. The molecule has 1 aromatic heterocycles. The van der Waals surface area contributed by atoms with Gasteiger partial charge in [-0.1, -0.05) is 60.7 Å². The van der Waals surface area contributed by atoms with Crippen molar-refractivity contribution in [1.82, 2.24) is 15.5 Å². The van der Waals surface area contributed by atoms with E-state index in [2.05, 4.69) is 15.5 Å². The Bertz CT molecular complexity index is 1250. The Kier molecular flexibility index (Phi) is 6.70. The fourth-order valence-corrected chi connectivity index (χ4v) is 3.31. The summed E-state index contributed by atoms with van der Waals surface area (Å²) in [5.41, 5.74) is 4.00. The number of aromatic nitrogens is 2. The third-order valence-electron chi connectivity index (χ3n) is 4.94. The van der Waals surface area contributed by atoms with E-state index < -0.39 is 0 Å². The molecule has 0 aliphatic rings. The lowest BCUT2D eigenvalue weighted by Crippen LogP contribution is -2.24. The molecule has 7 heteroatoms. The number of rotatable bonds is 8. The maximum atomic E-state index is 12.3. The highest BCUT2D eigenvalue weighted by Gasteiger charge is 2.18. The number of carbonyl (C=O) groups is 1. The number of ether oxygens (including phenoxy) is 2. The van der Waals surface area contributed by atoms with E-state index in [1.54, 1.807) is 25.3 Å². The van der Waals surface area contributed by atoms with Gasteiger partial charge in [0.1, 0.15) is 11.5 Å². The average molecular weight is 441 g/mol. The van der Waals surface area contributed by atoms with Gasteiger partial charge in [0, 0.05) is 17.3 Å². The van der Waals surface area contributed by atoms with Crippen molar-refractivity contribution in [2.75, 3.05) is 13.7 Å². The molecule has 0 aliphatic heterocycles. The van der Waals surface area contributed by atoms with Crippen LogP contribution in [0.2, 0.25) is 0 Å². The second-order valence-electron chi connectivity index (χ2n) is 7.13. The van der Waals surface area contributed by atoms with Gasteiger partial charge in [-0.15, -0.1) is 5.10 Å². The van der Waals surface area contributed by atoms with Crippen LogP contribution in [0.1, 0.15) is 5.56 Å². The number of phenolic OH excluding ortho intramolecular Hbond substituents is 1. The molecule has 4 aromatic rings. The molecule has 4 rings (SSSR count). The first-order valence-corrected chi connectivity index (χ1v) is 10.3. The van der Waals surface area contributed by atoms with Crippen LogP contribution in [0.3, 0.4) is 0 Å². The van der Waals surface area contributed by atoms with E-state index in [1.165, 1.54) is 12.3 Å². The Morgan fingerprint density at radius 1 is 1.03 bits per heavy atom. The van der Waals surface area contributed by atoms with Gasteiger partial charge in [0.2, 0.25) is 5.88 Å². The topological polar surface area (TPSA) is 96.5 Å². The summed E-state index contributed by atoms with van der Waals surface area (Å²) in [5, 5.41) is 19.9. The molecule has 166 valence electrons. The van der Waals surface area contributed by atoms with Crippen LogP contribution in [0.4, 0.5) is 0 Å². The molecule has 0 aliphatic carbocycles. The number of nitrogens with one attached hydrogen (secondary N) is 2. The summed E-state index contributed by atoms with van der Waals surface area (Å²) in [4.78, 5) is 12.3. The smallest absolute Gasteiger partial charge is 0.261 e. The van der Waals surface area contributed by atoms with Gasteiger partial charge in [0.05, 0.1) is 18.4 Å². The highest BCUT2D eigenvalue weighted by atomic mass is 16.5. The summed E-state index contributed by atoms with van der Waals surface area (Å²) < 4.78 is 10.9. The lowest BCUT2D eigenvalue weighted by atomic mass is 10.0. The number of phenols is 1. The Hall–Kier alpha value is -4.52. The van der Waals surface area contributed by atoms with Crippen molar-refractivity contribution in [2.24, 2.45) is 0 Å². The third-order valence-corrected chi connectivity index (χ3v) is 4.94. The van der Waals surface area contributed by atoms with E-state index in [-0.39, 0.29) is 18.3 Å². The number of aromatic amines is 1. The molecular weight excluding hydrogens is 418 g/mol. The first kappa shape index (κ1) is 21.7. The van der Waals surface area contributed by atoms with Gasteiger partial charge in [0.15, 0.2) is 6.61 Å².